The number of aliphatic hydroxyl groups is 1. The summed E-state index contributed by atoms with van der Waals surface area (Å²) >= 11 is 0. The molecule has 0 fully saturated rings. The second-order valence-electron chi connectivity index (χ2n) is 23.2. The minimum absolute atomic E-state index is 0.0700. The molecule has 0 spiro atoms. The van der Waals surface area contributed by atoms with Crippen LogP contribution in [0.1, 0.15) is 322 Å². The van der Waals surface area contributed by atoms with Gasteiger partial charge in [-0.2, -0.15) is 0 Å². The van der Waals surface area contributed by atoms with Crippen molar-refractivity contribution in [3.8, 4) is 0 Å². The van der Waals surface area contributed by atoms with Crippen LogP contribution in [0.3, 0.4) is 0 Å². The van der Waals surface area contributed by atoms with Gasteiger partial charge >= 0.3 is 11.9 Å². The highest BCUT2D eigenvalue weighted by atomic mass is 16.6. The van der Waals surface area contributed by atoms with Crippen LogP contribution in [0.2, 0.25) is 0 Å². The molecule has 5 heteroatoms. The molecule has 0 aliphatic heterocycles. The maximum Gasteiger partial charge on any atom is 0.306 e. The molecule has 1 unspecified atom stereocenters. The lowest BCUT2D eigenvalue weighted by Crippen LogP contribution is -2.28. The predicted octanol–water partition coefficient (Wildman–Crippen LogP) is 24.9. The fraction of sp³-hybridized carbons (Fsp3) is 0.671. The van der Waals surface area contributed by atoms with Crippen LogP contribution >= 0.6 is 0 Å². The number of unbranched alkanes of at least 4 members (excludes halogenated alkanes) is 32. The van der Waals surface area contributed by atoms with Gasteiger partial charge in [-0.25, -0.2) is 0 Å². The fourth-order valence-corrected chi connectivity index (χ4v) is 9.92. The van der Waals surface area contributed by atoms with Crippen molar-refractivity contribution in [1.29, 1.82) is 0 Å². The Balaban J connectivity index is 3.49. The van der Waals surface area contributed by atoms with Crippen molar-refractivity contribution in [3.63, 3.8) is 0 Å². The number of allylic oxidation sites excluding steroid dienone is 24. The summed E-state index contributed by atoms with van der Waals surface area (Å²) in [5.74, 6) is -0.587. The quantitative estimate of drug-likeness (QED) is 0.0373. The first-order valence-corrected chi connectivity index (χ1v) is 35.4. The Labute approximate surface area is 520 Å². The number of carbonyl (C=O) groups excluding carboxylic acids is 2. The summed E-state index contributed by atoms with van der Waals surface area (Å²) in [6, 6.07) is 0. The number of aliphatic hydroxyl groups excluding tert-OH is 1. The smallest absolute Gasteiger partial charge is 0.306 e. The van der Waals surface area contributed by atoms with Gasteiger partial charge in [0.15, 0.2) is 6.10 Å². The van der Waals surface area contributed by atoms with Crippen LogP contribution in [0.25, 0.3) is 0 Å². The van der Waals surface area contributed by atoms with Gasteiger partial charge in [0.05, 0.1) is 6.61 Å². The van der Waals surface area contributed by atoms with Crippen molar-refractivity contribution in [2.24, 2.45) is 0 Å². The third-order valence-electron chi connectivity index (χ3n) is 15.1. The Morgan fingerprint density at radius 1 is 0.274 bits per heavy atom. The van der Waals surface area contributed by atoms with Gasteiger partial charge in [-0.15, -0.1) is 0 Å². The summed E-state index contributed by atoms with van der Waals surface area (Å²) in [6.45, 7) is 3.94. The van der Waals surface area contributed by atoms with Crippen molar-refractivity contribution in [3.05, 3.63) is 146 Å². The standard InChI is InChI=1S/C79H132O5/c1-3-5-7-9-11-13-15-17-19-21-23-25-27-29-31-33-35-37-38-39-40-42-44-46-48-50-52-54-56-58-60-62-64-66-68-70-72-74-79(82)84-77(75-80)76-83-78(81)73-71-69-67-65-63-61-59-57-55-53-51-49-47-45-43-41-36-34-32-30-28-26-24-22-20-18-16-14-12-10-8-6-4-2/h5-8,11-14,17-20,23-26,29,31,35,37,39-40,44,46,77,80H,3-4,9-10,15-16,21-22,27-28,30,32-34,36,38,41-43,45,47-76H2,1-2H3/b7-5-,8-6-,13-11-,14-12-,19-17-,20-18-,25-23-,26-24-,31-29-,37-35-,40-39-,46-44-. The van der Waals surface area contributed by atoms with Crippen molar-refractivity contribution >= 4 is 11.9 Å². The molecular weight excluding hydrogens is 1030 g/mol. The van der Waals surface area contributed by atoms with Crippen LogP contribution in [0.15, 0.2) is 146 Å². The number of carbonyl (C=O) groups is 2. The average Bonchev–Trinajstić information content (AvgIpc) is 3.51. The van der Waals surface area contributed by atoms with E-state index >= 15 is 0 Å². The lowest BCUT2D eigenvalue weighted by Gasteiger charge is -2.15. The van der Waals surface area contributed by atoms with Gasteiger partial charge in [0, 0.05) is 12.8 Å². The molecule has 0 aromatic heterocycles. The highest BCUT2D eigenvalue weighted by Crippen LogP contribution is 2.17. The zero-order valence-electron chi connectivity index (χ0n) is 54.9. The molecule has 1 atom stereocenters. The maximum atomic E-state index is 12.4. The van der Waals surface area contributed by atoms with Gasteiger partial charge in [0.2, 0.25) is 0 Å². The summed E-state index contributed by atoms with van der Waals surface area (Å²) in [5, 5.41) is 9.71. The Hall–Kier alpha value is -4.22. The van der Waals surface area contributed by atoms with Crippen LogP contribution in [-0.2, 0) is 19.1 Å². The van der Waals surface area contributed by atoms with Crippen LogP contribution in [0.4, 0.5) is 0 Å². The van der Waals surface area contributed by atoms with Gasteiger partial charge in [-0.05, 0) is 116 Å². The normalized spacial score (nSPS) is 13.1. The summed E-state index contributed by atoms with van der Waals surface area (Å²) in [5.41, 5.74) is 0. The van der Waals surface area contributed by atoms with Gasteiger partial charge < -0.3 is 14.6 Å². The summed E-state index contributed by atoms with van der Waals surface area (Å²) in [7, 11) is 0. The summed E-state index contributed by atoms with van der Waals surface area (Å²) in [4.78, 5) is 24.7. The molecule has 0 saturated carbocycles. The van der Waals surface area contributed by atoms with E-state index in [-0.39, 0.29) is 25.2 Å². The molecule has 1 N–H and O–H groups in total. The highest BCUT2D eigenvalue weighted by molar-refractivity contribution is 5.70. The van der Waals surface area contributed by atoms with Crippen molar-refractivity contribution in [1.82, 2.24) is 0 Å². The maximum absolute atomic E-state index is 12.4. The van der Waals surface area contributed by atoms with Crippen LogP contribution < -0.4 is 0 Å². The number of hydrogen-bond acceptors (Lipinski definition) is 5. The highest BCUT2D eigenvalue weighted by Gasteiger charge is 2.16. The minimum atomic E-state index is -0.782. The molecule has 0 rings (SSSR count). The molecule has 5 nitrogen and oxygen atoms in total. The number of hydrogen-bond donors (Lipinski definition) is 1. The second kappa shape index (κ2) is 73.0. The minimum Gasteiger partial charge on any atom is -0.462 e. The Morgan fingerprint density at radius 2 is 0.476 bits per heavy atom. The first kappa shape index (κ1) is 79.8. The van der Waals surface area contributed by atoms with E-state index < -0.39 is 6.10 Å². The van der Waals surface area contributed by atoms with E-state index in [4.69, 9.17) is 9.47 Å². The van der Waals surface area contributed by atoms with Gasteiger partial charge in [0.25, 0.3) is 0 Å². The third-order valence-corrected chi connectivity index (χ3v) is 15.1. The molecule has 84 heavy (non-hydrogen) atoms. The van der Waals surface area contributed by atoms with Gasteiger partial charge in [-0.3, -0.25) is 9.59 Å². The SMILES string of the molecule is CC/C=C\C/C=C\C/C=C\C/C=C\C/C=C\C/C=C\C/C=C\C/C=C\CCCCCCCCCCCCCCC(=O)OC(CO)COC(=O)CCCCCCCCCCCCCCCCCCCCCC/C=C\C/C=C\C/C=C\C/C=C\CC. The lowest BCUT2D eigenvalue weighted by atomic mass is 10.0. The molecule has 0 amide bonds. The van der Waals surface area contributed by atoms with Crippen LogP contribution in [-0.4, -0.2) is 36.4 Å². The predicted molar refractivity (Wildman–Crippen MR) is 371 cm³/mol. The molecule has 0 radical (unpaired) electrons. The van der Waals surface area contributed by atoms with E-state index in [9.17, 15) is 14.7 Å². The summed E-state index contributed by atoms with van der Waals surface area (Å²) < 4.78 is 10.8. The van der Waals surface area contributed by atoms with Crippen molar-refractivity contribution in [2.75, 3.05) is 13.2 Å². The van der Waals surface area contributed by atoms with Crippen molar-refractivity contribution in [2.45, 2.75) is 328 Å². The fourth-order valence-electron chi connectivity index (χ4n) is 9.92. The molecule has 0 aliphatic rings. The molecule has 0 aliphatic carbocycles. The van der Waals surface area contributed by atoms with Crippen LogP contribution in [0.5, 0.6) is 0 Å². The number of esters is 2. The van der Waals surface area contributed by atoms with E-state index in [1.54, 1.807) is 0 Å². The second-order valence-corrected chi connectivity index (χ2v) is 23.2. The first-order valence-electron chi connectivity index (χ1n) is 35.4. The van der Waals surface area contributed by atoms with E-state index in [0.717, 1.165) is 116 Å². The number of rotatable bonds is 64. The molecular formula is C79H132O5. The molecule has 0 aromatic carbocycles. The Bertz CT molecular complexity index is 1750. The van der Waals surface area contributed by atoms with Gasteiger partial charge in [-0.1, -0.05) is 339 Å². The zero-order valence-corrected chi connectivity index (χ0v) is 54.9. The molecule has 478 valence electrons. The van der Waals surface area contributed by atoms with Crippen molar-refractivity contribution < 1.29 is 24.2 Å². The largest absolute Gasteiger partial charge is 0.462 e. The first-order chi connectivity index (χ1) is 41.6. The third kappa shape index (κ3) is 70.3. The summed E-state index contributed by atoms with van der Waals surface area (Å²) in [6.07, 6.45) is 110. The molecule has 0 saturated heterocycles. The molecule has 0 heterocycles. The van der Waals surface area contributed by atoms with E-state index in [2.05, 4.69) is 160 Å². The topological polar surface area (TPSA) is 72.8 Å². The van der Waals surface area contributed by atoms with E-state index in [1.807, 2.05) is 0 Å². The zero-order chi connectivity index (χ0) is 60.5. The van der Waals surface area contributed by atoms with Gasteiger partial charge in [0.1, 0.15) is 6.61 Å². The monoisotopic (exact) mass is 1160 g/mol. The molecule has 0 bridgehead atoms. The van der Waals surface area contributed by atoms with E-state index in [0.29, 0.717) is 12.8 Å². The van der Waals surface area contributed by atoms with E-state index in [1.165, 1.54) is 180 Å². The lowest BCUT2D eigenvalue weighted by molar-refractivity contribution is -0.161. The van der Waals surface area contributed by atoms with Crippen LogP contribution in [0, 0.1) is 0 Å². The average molecular weight is 1160 g/mol. The Kier molecular flexibility index (Phi) is 69.4. The molecule has 0 aromatic rings. The Morgan fingerprint density at radius 3 is 0.714 bits per heavy atom. The number of ether oxygens (including phenoxy) is 2.